The van der Waals surface area contributed by atoms with Crippen LogP contribution in [-0.2, 0) is 16.6 Å². The molecular formula is C10H15N5O2. The Kier molecular flexibility index (Phi) is 3.38. The standard InChI is InChI=1S/C10H15N5O2/c1-15-6-11-5-7(15)8-9(16)14-10(13-8)12-3-4-17-2/h5-6,8H,3-4H2,1-2H3,(H2,12,13,14,16). The summed E-state index contributed by atoms with van der Waals surface area (Å²) in [4.78, 5) is 19.9. The summed E-state index contributed by atoms with van der Waals surface area (Å²) in [6.07, 6.45) is 3.32. The first-order chi connectivity index (χ1) is 8.22. The molecule has 0 saturated carbocycles. The first-order valence-electron chi connectivity index (χ1n) is 5.29. The SMILES string of the molecule is COCCN=C1NC(=O)C(c2cncn2C)N1. The molecule has 2 N–H and O–H groups in total. The summed E-state index contributed by atoms with van der Waals surface area (Å²) in [5.74, 6) is 0.364. The van der Waals surface area contributed by atoms with E-state index in [1.165, 1.54) is 0 Å². The highest BCUT2D eigenvalue weighted by molar-refractivity contribution is 6.06. The summed E-state index contributed by atoms with van der Waals surface area (Å²) in [6.45, 7) is 1.04. The lowest BCUT2D eigenvalue weighted by molar-refractivity contribution is -0.120. The molecule has 1 atom stereocenters. The van der Waals surface area contributed by atoms with Gasteiger partial charge in [-0.15, -0.1) is 0 Å². The van der Waals surface area contributed by atoms with Gasteiger partial charge < -0.3 is 14.6 Å². The number of aliphatic imine (C=N–C) groups is 1. The fourth-order valence-electron chi connectivity index (χ4n) is 1.61. The Morgan fingerprint density at radius 3 is 3.12 bits per heavy atom. The van der Waals surface area contributed by atoms with E-state index >= 15 is 0 Å². The molecule has 1 aromatic heterocycles. The maximum Gasteiger partial charge on any atom is 0.255 e. The lowest BCUT2D eigenvalue weighted by Crippen LogP contribution is -2.26. The van der Waals surface area contributed by atoms with Crippen molar-refractivity contribution in [3.63, 3.8) is 0 Å². The molecule has 1 unspecified atom stereocenters. The molecule has 0 bridgehead atoms. The summed E-state index contributed by atoms with van der Waals surface area (Å²) in [6, 6.07) is -0.427. The Morgan fingerprint density at radius 2 is 2.47 bits per heavy atom. The minimum Gasteiger partial charge on any atom is -0.383 e. The van der Waals surface area contributed by atoms with Crippen LogP contribution in [-0.4, -0.2) is 41.7 Å². The van der Waals surface area contributed by atoms with Crippen LogP contribution in [0.25, 0.3) is 0 Å². The lowest BCUT2D eigenvalue weighted by atomic mass is 10.2. The van der Waals surface area contributed by atoms with Crippen LogP contribution in [0.1, 0.15) is 11.7 Å². The second-order valence-electron chi connectivity index (χ2n) is 3.72. The molecule has 1 amide bonds. The number of hydrogen-bond acceptors (Lipinski definition) is 4. The van der Waals surface area contributed by atoms with Gasteiger partial charge in [0, 0.05) is 14.2 Å². The Bertz CT molecular complexity index is 440. The number of carbonyl (C=O) groups is 1. The summed E-state index contributed by atoms with van der Waals surface area (Å²) in [7, 11) is 3.45. The van der Waals surface area contributed by atoms with E-state index in [9.17, 15) is 4.79 Å². The number of methoxy groups -OCH3 is 1. The second kappa shape index (κ2) is 4.96. The van der Waals surface area contributed by atoms with Crippen molar-refractivity contribution in [3.05, 3.63) is 18.2 Å². The van der Waals surface area contributed by atoms with Gasteiger partial charge in [-0.1, -0.05) is 0 Å². The van der Waals surface area contributed by atoms with Crippen molar-refractivity contribution >= 4 is 11.9 Å². The molecule has 92 valence electrons. The van der Waals surface area contributed by atoms with Crippen molar-refractivity contribution < 1.29 is 9.53 Å². The highest BCUT2D eigenvalue weighted by Gasteiger charge is 2.31. The maximum absolute atomic E-state index is 11.7. The highest BCUT2D eigenvalue weighted by atomic mass is 16.5. The van der Waals surface area contributed by atoms with E-state index in [0.29, 0.717) is 19.1 Å². The number of rotatable bonds is 4. The van der Waals surface area contributed by atoms with Crippen molar-refractivity contribution in [2.45, 2.75) is 6.04 Å². The minimum atomic E-state index is -0.427. The number of carbonyl (C=O) groups excluding carboxylic acids is 1. The third-order valence-corrected chi connectivity index (χ3v) is 2.50. The average molecular weight is 237 g/mol. The van der Waals surface area contributed by atoms with Crippen LogP contribution < -0.4 is 10.6 Å². The van der Waals surface area contributed by atoms with Gasteiger partial charge in [-0.3, -0.25) is 15.1 Å². The van der Waals surface area contributed by atoms with E-state index < -0.39 is 6.04 Å². The smallest absolute Gasteiger partial charge is 0.255 e. The molecule has 2 heterocycles. The summed E-state index contributed by atoms with van der Waals surface area (Å²) in [5.41, 5.74) is 0.805. The van der Waals surface area contributed by atoms with Gasteiger partial charge in [0.25, 0.3) is 5.91 Å². The molecule has 7 heteroatoms. The Morgan fingerprint density at radius 1 is 1.65 bits per heavy atom. The molecule has 1 saturated heterocycles. The second-order valence-corrected chi connectivity index (χ2v) is 3.72. The molecule has 7 nitrogen and oxygen atoms in total. The number of aryl methyl sites for hydroxylation is 1. The summed E-state index contributed by atoms with van der Waals surface area (Å²) in [5, 5.41) is 5.70. The number of hydrogen-bond donors (Lipinski definition) is 2. The monoisotopic (exact) mass is 237 g/mol. The highest BCUT2D eigenvalue weighted by Crippen LogP contribution is 2.14. The molecule has 0 aliphatic carbocycles. The van der Waals surface area contributed by atoms with Gasteiger partial charge in [0.05, 0.1) is 31.4 Å². The van der Waals surface area contributed by atoms with Crippen LogP contribution in [0.15, 0.2) is 17.5 Å². The third-order valence-electron chi connectivity index (χ3n) is 2.50. The zero-order chi connectivity index (χ0) is 12.3. The van der Waals surface area contributed by atoms with E-state index in [2.05, 4.69) is 20.6 Å². The van der Waals surface area contributed by atoms with Gasteiger partial charge in [-0.2, -0.15) is 0 Å². The van der Waals surface area contributed by atoms with Crippen molar-refractivity contribution in [2.75, 3.05) is 20.3 Å². The molecule has 17 heavy (non-hydrogen) atoms. The number of imidazole rings is 1. The quantitative estimate of drug-likeness (QED) is 0.671. The van der Waals surface area contributed by atoms with Gasteiger partial charge in [0.1, 0.15) is 0 Å². The molecular weight excluding hydrogens is 222 g/mol. The van der Waals surface area contributed by atoms with E-state index in [-0.39, 0.29) is 5.91 Å². The molecule has 1 aliphatic heterocycles. The lowest BCUT2D eigenvalue weighted by Gasteiger charge is -2.07. The number of aromatic nitrogens is 2. The number of guanidine groups is 1. The number of amides is 1. The summed E-state index contributed by atoms with van der Waals surface area (Å²) < 4.78 is 6.69. The van der Waals surface area contributed by atoms with E-state index in [4.69, 9.17) is 4.74 Å². The third kappa shape index (κ3) is 2.44. The Labute approximate surface area is 98.9 Å². The van der Waals surface area contributed by atoms with Crippen LogP contribution in [0.5, 0.6) is 0 Å². The van der Waals surface area contributed by atoms with Crippen molar-refractivity contribution in [1.82, 2.24) is 20.2 Å². The van der Waals surface area contributed by atoms with Crippen LogP contribution in [0, 0.1) is 0 Å². The average Bonchev–Trinajstić information content (AvgIpc) is 2.85. The van der Waals surface area contributed by atoms with Crippen LogP contribution >= 0.6 is 0 Å². The number of nitrogens with one attached hydrogen (secondary N) is 2. The van der Waals surface area contributed by atoms with Crippen molar-refractivity contribution in [3.8, 4) is 0 Å². The zero-order valence-electron chi connectivity index (χ0n) is 9.80. The minimum absolute atomic E-state index is 0.121. The Balaban J connectivity index is 2.05. The number of nitrogens with zero attached hydrogens (tertiary/aromatic N) is 3. The largest absolute Gasteiger partial charge is 0.383 e. The van der Waals surface area contributed by atoms with Crippen LogP contribution in [0.4, 0.5) is 0 Å². The van der Waals surface area contributed by atoms with Crippen molar-refractivity contribution in [1.29, 1.82) is 0 Å². The molecule has 1 fully saturated rings. The molecule has 2 rings (SSSR count). The van der Waals surface area contributed by atoms with Crippen LogP contribution in [0.2, 0.25) is 0 Å². The fraction of sp³-hybridized carbons (Fsp3) is 0.500. The molecule has 0 aromatic carbocycles. The number of ether oxygens (including phenoxy) is 1. The van der Waals surface area contributed by atoms with E-state index in [0.717, 1.165) is 5.69 Å². The Hall–Kier alpha value is -1.89. The normalized spacial score (nSPS) is 21.6. The van der Waals surface area contributed by atoms with Crippen LogP contribution in [0.3, 0.4) is 0 Å². The van der Waals surface area contributed by atoms with Gasteiger partial charge in [0.15, 0.2) is 12.0 Å². The maximum atomic E-state index is 11.7. The van der Waals surface area contributed by atoms with Gasteiger partial charge in [0.2, 0.25) is 0 Å². The predicted molar refractivity (Wildman–Crippen MR) is 61.4 cm³/mol. The summed E-state index contributed by atoms with van der Waals surface area (Å²) >= 11 is 0. The first kappa shape index (κ1) is 11.6. The molecule has 1 aromatic rings. The van der Waals surface area contributed by atoms with Gasteiger partial charge in [-0.25, -0.2) is 4.98 Å². The van der Waals surface area contributed by atoms with Gasteiger partial charge in [-0.05, 0) is 0 Å². The van der Waals surface area contributed by atoms with E-state index in [1.54, 1.807) is 24.2 Å². The predicted octanol–water partition coefficient (Wildman–Crippen LogP) is -0.817. The van der Waals surface area contributed by atoms with E-state index in [1.807, 2.05) is 7.05 Å². The van der Waals surface area contributed by atoms with Crippen molar-refractivity contribution in [2.24, 2.45) is 12.0 Å². The van der Waals surface area contributed by atoms with Gasteiger partial charge >= 0.3 is 0 Å². The zero-order valence-corrected chi connectivity index (χ0v) is 9.80. The molecule has 1 aliphatic rings. The molecule has 0 radical (unpaired) electrons. The molecule has 0 spiro atoms. The topological polar surface area (TPSA) is 80.5 Å². The first-order valence-corrected chi connectivity index (χ1v) is 5.29. The fourth-order valence-corrected chi connectivity index (χ4v) is 1.61.